The maximum Gasteiger partial charge on any atom is 0.332 e. The van der Waals surface area contributed by atoms with Gasteiger partial charge in [0, 0.05) is 19.0 Å². The van der Waals surface area contributed by atoms with Crippen molar-refractivity contribution < 1.29 is 9.15 Å². The van der Waals surface area contributed by atoms with E-state index >= 15 is 0 Å². The molecular formula is C18H19N3O4. The van der Waals surface area contributed by atoms with E-state index in [0.29, 0.717) is 29.8 Å². The first kappa shape index (κ1) is 15.8. The van der Waals surface area contributed by atoms with Crippen LogP contribution in [-0.2, 0) is 31.4 Å². The van der Waals surface area contributed by atoms with Gasteiger partial charge in [0.15, 0.2) is 0 Å². The third-order valence-corrected chi connectivity index (χ3v) is 4.59. The molecule has 1 aliphatic heterocycles. The van der Waals surface area contributed by atoms with Crippen molar-refractivity contribution in [3.05, 3.63) is 62.3 Å². The minimum Gasteiger partial charge on any atom is -0.467 e. The second-order valence-electron chi connectivity index (χ2n) is 7.00. The van der Waals surface area contributed by atoms with Gasteiger partial charge in [-0.3, -0.25) is 13.9 Å². The molecule has 7 heteroatoms. The standard InChI is InChI=1S/C18H19N3O4/c1-18(2)8-14-11(10-25-18)7-13-15(19-14)20(3)17(23)21(16(13)22)9-12-5-4-6-24-12/h4-7H,8-10H2,1-3H3. The lowest BCUT2D eigenvalue weighted by Gasteiger charge is -2.31. The predicted molar refractivity (Wildman–Crippen MR) is 91.6 cm³/mol. The molecule has 0 aliphatic carbocycles. The van der Waals surface area contributed by atoms with E-state index in [9.17, 15) is 9.59 Å². The molecule has 0 N–H and O–H groups in total. The van der Waals surface area contributed by atoms with E-state index in [-0.39, 0.29) is 17.7 Å². The Balaban J connectivity index is 1.94. The Kier molecular flexibility index (Phi) is 3.43. The number of ether oxygens (including phenoxy) is 1. The Bertz CT molecular complexity index is 1070. The summed E-state index contributed by atoms with van der Waals surface area (Å²) in [7, 11) is 1.63. The smallest absolute Gasteiger partial charge is 0.332 e. The van der Waals surface area contributed by atoms with Crippen LogP contribution in [0, 0.1) is 0 Å². The van der Waals surface area contributed by atoms with E-state index in [1.807, 2.05) is 13.8 Å². The first-order valence-corrected chi connectivity index (χ1v) is 8.14. The second-order valence-corrected chi connectivity index (χ2v) is 7.00. The van der Waals surface area contributed by atoms with Gasteiger partial charge >= 0.3 is 5.69 Å². The van der Waals surface area contributed by atoms with Crippen LogP contribution in [0.5, 0.6) is 0 Å². The summed E-state index contributed by atoms with van der Waals surface area (Å²) in [4.78, 5) is 30.1. The molecule has 3 aromatic heterocycles. The molecule has 1 aliphatic rings. The van der Waals surface area contributed by atoms with Crippen LogP contribution < -0.4 is 11.2 Å². The van der Waals surface area contributed by atoms with Crippen molar-refractivity contribution in [2.75, 3.05) is 0 Å². The van der Waals surface area contributed by atoms with Crippen LogP contribution >= 0.6 is 0 Å². The van der Waals surface area contributed by atoms with Gasteiger partial charge in [-0.25, -0.2) is 9.78 Å². The first-order valence-electron chi connectivity index (χ1n) is 8.14. The van der Waals surface area contributed by atoms with E-state index < -0.39 is 5.69 Å². The number of pyridine rings is 1. The topological polar surface area (TPSA) is 79.3 Å². The van der Waals surface area contributed by atoms with Gasteiger partial charge in [0.25, 0.3) is 5.56 Å². The molecule has 0 radical (unpaired) electrons. The summed E-state index contributed by atoms with van der Waals surface area (Å²) < 4.78 is 13.7. The highest BCUT2D eigenvalue weighted by Crippen LogP contribution is 2.27. The minimum atomic E-state index is -0.410. The molecule has 0 bridgehead atoms. The zero-order valence-corrected chi connectivity index (χ0v) is 14.4. The van der Waals surface area contributed by atoms with Crippen molar-refractivity contribution in [3.63, 3.8) is 0 Å². The normalized spacial score (nSPS) is 16.1. The summed E-state index contributed by atoms with van der Waals surface area (Å²) in [6.45, 7) is 4.51. The van der Waals surface area contributed by atoms with Crippen LogP contribution in [0.15, 0.2) is 38.5 Å². The molecule has 7 nitrogen and oxygen atoms in total. The third kappa shape index (κ3) is 2.60. The number of nitrogens with zero attached hydrogens (tertiary/aromatic N) is 3. The van der Waals surface area contributed by atoms with Crippen LogP contribution in [0.25, 0.3) is 11.0 Å². The molecule has 4 rings (SSSR count). The Hall–Kier alpha value is -2.67. The number of rotatable bonds is 2. The Morgan fingerprint density at radius 3 is 2.84 bits per heavy atom. The average molecular weight is 341 g/mol. The van der Waals surface area contributed by atoms with Gasteiger partial charge in [0.05, 0.1) is 36.1 Å². The lowest BCUT2D eigenvalue weighted by atomic mass is 9.95. The van der Waals surface area contributed by atoms with E-state index in [1.165, 1.54) is 15.4 Å². The molecule has 130 valence electrons. The van der Waals surface area contributed by atoms with E-state index in [4.69, 9.17) is 9.15 Å². The molecule has 3 aromatic rings. The predicted octanol–water partition coefficient (Wildman–Crippen LogP) is 1.59. The maximum absolute atomic E-state index is 12.9. The van der Waals surface area contributed by atoms with Crippen molar-refractivity contribution in [2.24, 2.45) is 7.05 Å². The van der Waals surface area contributed by atoms with Gasteiger partial charge in [-0.1, -0.05) is 0 Å². The zero-order valence-electron chi connectivity index (χ0n) is 14.4. The fourth-order valence-electron chi connectivity index (χ4n) is 3.20. The average Bonchev–Trinajstić information content (AvgIpc) is 3.08. The Morgan fingerprint density at radius 1 is 1.32 bits per heavy atom. The molecule has 0 saturated heterocycles. The number of hydrogen-bond donors (Lipinski definition) is 0. The summed E-state index contributed by atoms with van der Waals surface area (Å²) in [5.74, 6) is 0.551. The van der Waals surface area contributed by atoms with E-state index in [0.717, 1.165) is 11.3 Å². The van der Waals surface area contributed by atoms with Gasteiger partial charge in [0.1, 0.15) is 11.4 Å². The zero-order chi connectivity index (χ0) is 17.8. The van der Waals surface area contributed by atoms with Crippen LogP contribution in [0.1, 0.15) is 30.9 Å². The SMILES string of the molecule is Cn1c(=O)n(Cc2ccco2)c(=O)c2cc3c(nc21)CC(C)(C)OC3. The van der Waals surface area contributed by atoms with Crippen molar-refractivity contribution in [1.82, 2.24) is 14.1 Å². The molecule has 0 amide bonds. The maximum atomic E-state index is 12.9. The molecule has 0 aromatic carbocycles. The summed E-state index contributed by atoms with van der Waals surface area (Å²) in [5, 5.41) is 0.413. The first-order chi connectivity index (χ1) is 11.9. The highest BCUT2D eigenvalue weighted by Gasteiger charge is 2.28. The highest BCUT2D eigenvalue weighted by molar-refractivity contribution is 5.75. The van der Waals surface area contributed by atoms with Crippen LogP contribution in [-0.4, -0.2) is 19.7 Å². The summed E-state index contributed by atoms with van der Waals surface area (Å²) in [5.41, 5.74) is 1.10. The summed E-state index contributed by atoms with van der Waals surface area (Å²) in [6, 6.07) is 5.26. The Labute approximate surface area is 143 Å². The second kappa shape index (κ2) is 5.42. The van der Waals surface area contributed by atoms with Gasteiger partial charge < -0.3 is 9.15 Å². The summed E-state index contributed by atoms with van der Waals surface area (Å²) >= 11 is 0. The largest absolute Gasteiger partial charge is 0.467 e. The van der Waals surface area contributed by atoms with Crippen molar-refractivity contribution in [3.8, 4) is 0 Å². The van der Waals surface area contributed by atoms with Gasteiger partial charge in [0.2, 0.25) is 0 Å². The molecule has 0 fully saturated rings. The molecular weight excluding hydrogens is 322 g/mol. The molecule has 25 heavy (non-hydrogen) atoms. The van der Waals surface area contributed by atoms with E-state index in [2.05, 4.69) is 4.98 Å². The van der Waals surface area contributed by atoms with Crippen molar-refractivity contribution in [1.29, 1.82) is 0 Å². The van der Waals surface area contributed by atoms with Crippen molar-refractivity contribution >= 4 is 11.0 Å². The van der Waals surface area contributed by atoms with Gasteiger partial charge in [-0.05, 0) is 32.0 Å². The number of hydrogen-bond acceptors (Lipinski definition) is 5. The lowest BCUT2D eigenvalue weighted by molar-refractivity contribution is -0.0411. The highest BCUT2D eigenvalue weighted by atomic mass is 16.5. The number of fused-ring (bicyclic) bond motifs is 2. The molecule has 0 spiro atoms. The minimum absolute atomic E-state index is 0.0923. The molecule has 0 unspecified atom stereocenters. The number of aromatic nitrogens is 3. The van der Waals surface area contributed by atoms with Gasteiger partial charge in [-0.15, -0.1) is 0 Å². The van der Waals surface area contributed by atoms with Crippen LogP contribution in [0.3, 0.4) is 0 Å². The molecule has 0 saturated carbocycles. The lowest BCUT2D eigenvalue weighted by Crippen LogP contribution is -2.40. The molecule has 0 atom stereocenters. The third-order valence-electron chi connectivity index (χ3n) is 4.59. The molecule has 4 heterocycles. The fourth-order valence-corrected chi connectivity index (χ4v) is 3.20. The quantitative estimate of drug-likeness (QED) is 0.707. The fraction of sp³-hybridized carbons (Fsp3) is 0.389. The van der Waals surface area contributed by atoms with Crippen molar-refractivity contribution in [2.45, 2.75) is 39.0 Å². The number of aryl methyl sites for hydroxylation is 1. The van der Waals surface area contributed by atoms with Gasteiger partial charge in [-0.2, -0.15) is 0 Å². The Morgan fingerprint density at radius 2 is 2.12 bits per heavy atom. The number of furan rings is 1. The monoisotopic (exact) mass is 341 g/mol. The van der Waals surface area contributed by atoms with E-state index in [1.54, 1.807) is 25.2 Å². The van der Waals surface area contributed by atoms with Crippen LogP contribution in [0.4, 0.5) is 0 Å². The van der Waals surface area contributed by atoms with Crippen LogP contribution in [0.2, 0.25) is 0 Å². The summed E-state index contributed by atoms with van der Waals surface area (Å²) in [6.07, 6.45) is 2.16.